The molecule has 20 heavy (non-hydrogen) atoms. The van der Waals surface area contributed by atoms with Crippen LogP contribution in [-0.2, 0) is 13.6 Å². The molecule has 1 fully saturated rings. The Morgan fingerprint density at radius 2 is 2.10 bits per heavy atom. The number of nitrogens with one attached hydrogen (secondary N) is 1. The maximum absolute atomic E-state index is 14.4. The van der Waals surface area contributed by atoms with Crippen LogP contribution in [0.3, 0.4) is 0 Å². The zero-order chi connectivity index (χ0) is 14.3. The van der Waals surface area contributed by atoms with Gasteiger partial charge in [0.1, 0.15) is 5.82 Å². The lowest BCUT2D eigenvalue weighted by Crippen LogP contribution is -2.15. The van der Waals surface area contributed by atoms with E-state index in [9.17, 15) is 4.39 Å². The number of aryl methyl sites for hydroxylation is 2. The fraction of sp³-hybridized carbons (Fsp3) is 0.438. The fourth-order valence-corrected chi connectivity index (χ4v) is 2.58. The van der Waals surface area contributed by atoms with Crippen LogP contribution in [0, 0.1) is 19.7 Å². The molecule has 3 rings (SSSR count). The van der Waals surface area contributed by atoms with Gasteiger partial charge in [-0.1, -0.05) is 12.1 Å². The molecule has 1 aromatic carbocycles. The van der Waals surface area contributed by atoms with E-state index >= 15 is 0 Å². The van der Waals surface area contributed by atoms with Gasteiger partial charge in [-0.3, -0.25) is 4.68 Å². The Hall–Kier alpha value is -1.68. The molecule has 0 unspecified atom stereocenters. The molecule has 0 amide bonds. The molecular formula is C16H20FN3. The average molecular weight is 273 g/mol. The van der Waals surface area contributed by atoms with Crippen molar-refractivity contribution in [1.82, 2.24) is 15.1 Å². The Kier molecular flexibility index (Phi) is 3.34. The van der Waals surface area contributed by atoms with Gasteiger partial charge in [0.15, 0.2) is 0 Å². The summed E-state index contributed by atoms with van der Waals surface area (Å²) in [6.07, 6.45) is 2.49. The summed E-state index contributed by atoms with van der Waals surface area (Å²) in [6, 6.07) is 6.15. The number of hydrogen-bond donors (Lipinski definition) is 1. The lowest BCUT2D eigenvalue weighted by Gasteiger charge is -2.08. The maximum Gasteiger partial charge on any atom is 0.131 e. The Morgan fingerprint density at radius 3 is 2.65 bits per heavy atom. The van der Waals surface area contributed by atoms with E-state index in [0.29, 0.717) is 11.6 Å². The van der Waals surface area contributed by atoms with E-state index in [1.165, 1.54) is 12.8 Å². The summed E-state index contributed by atoms with van der Waals surface area (Å²) in [4.78, 5) is 0. The molecule has 0 spiro atoms. The zero-order valence-electron chi connectivity index (χ0n) is 12.2. The molecule has 1 aromatic heterocycles. The van der Waals surface area contributed by atoms with E-state index in [1.54, 1.807) is 10.7 Å². The molecule has 1 heterocycles. The molecular weight excluding hydrogens is 253 g/mol. The molecule has 0 radical (unpaired) electrons. The van der Waals surface area contributed by atoms with Crippen LogP contribution in [0.15, 0.2) is 18.2 Å². The van der Waals surface area contributed by atoms with Crippen LogP contribution in [0.1, 0.15) is 29.8 Å². The van der Waals surface area contributed by atoms with Crippen LogP contribution in [-0.4, -0.2) is 15.8 Å². The maximum atomic E-state index is 14.4. The quantitative estimate of drug-likeness (QED) is 0.927. The van der Waals surface area contributed by atoms with Gasteiger partial charge in [-0.25, -0.2) is 4.39 Å². The van der Waals surface area contributed by atoms with Crippen LogP contribution in [0.2, 0.25) is 0 Å². The highest BCUT2D eigenvalue weighted by atomic mass is 19.1. The number of rotatable bonds is 4. The third-order valence-corrected chi connectivity index (χ3v) is 3.98. The summed E-state index contributed by atoms with van der Waals surface area (Å²) in [6.45, 7) is 4.63. The Morgan fingerprint density at radius 1 is 1.35 bits per heavy atom. The van der Waals surface area contributed by atoms with E-state index in [-0.39, 0.29) is 5.82 Å². The summed E-state index contributed by atoms with van der Waals surface area (Å²) in [5, 5.41) is 7.76. The zero-order valence-corrected chi connectivity index (χ0v) is 12.2. The largest absolute Gasteiger partial charge is 0.310 e. The Labute approximate surface area is 118 Å². The SMILES string of the molecule is Cc1nn(C)c(C)c1-c1ccc(CNC2CC2)cc1F. The van der Waals surface area contributed by atoms with E-state index < -0.39 is 0 Å². The van der Waals surface area contributed by atoms with Crippen molar-refractivity contribution in [2.24, 2.45) is 7.05 Å². The molecule has 1 N–H and O–H groups in total. The first-order chi connectivity index (χ1) is 9.56. The second-order valence-corrected chi connectivity index (χ2v) is 5.64. The van der Waals surface area contributed by atoms with Gasteiger partial charge < -0.3 is 5.32 Å². The molecule has 0 bridgehead atoms. The highest BCUT2D eigenvalue weighted by molar-refractivity contribution is 5.69. The normalized spacial score (nSPS) is 14.8. The van der Waals surface area contributed by atoms with Gasteiger partial charge >= 0.3 is 0 Å². The van der Waals surface area contributed by atoms with Gasteiger partial charge in [-0.2, -0.15) is 5.10 Å². The van der Waals surface area contributed by atoms with Crippen molar-refractivity contribution in [3.05, 3.63) is 41.0 Å². The van der Waals surface area contributed by atoms with Gasteiger partial charge in [0.2, 0.25) is 0 Å². The Bertz CT molecular complexity index is 641. The van der Waals surface area contributed by atoms with Crippen molar-refractivity contribution in [3.8, 4) is 11.1 Å². The van der Waals surface area contributed by atoms with E-state index in [2.05, 4.69) is 10.4 Å². The predicted molar refractivity (Wildman–Crippen MR) is 77.9 cm³/mol. The summed E-state index contributed by atoms with van der Waals surface area (Å²) in [5.41, 5.74) is 4.41. The van der Waals surface area contributed by atoms with Crippen molar-refractivity contribution in [2.45, 2.75) is 39.3 Å². The van der Waals surface area contributed by atoms with Gasteiger partial charge in [0, 0.05) is 36.5 Å². The molecule has 1 aliphatic rings. The summed E-state index contributed by atoms with van der Waals surface area (Å²) in [5.74, 6) is -0.167. The van der Waals surface area contributed by atoms with Gasteiger partial charge in [0.25, 0.3) is 0 Å². The first-order valence-corrected chi connectivity index (χ1v) is 7.08. The number of hydrogen-bond acceptors (Lipinski definition) is 2. The molecule has 2 aromatic rings. The highest BCUT2D eigenvalue weighted by Crippen LogP contribution is 2.29. The third-order valence-electron chi connectivity index (χ3n) is 3.98. The summed E-state index contributed by atoms with van der Waals surface area (Å²) >= 11 is 0. The van der Waals surface area contributed by atoms with Crippen LogP contribution >= 0.6 is 0 Å². The highest BCUT2D eigenvalue weighted by Gasteiger charge is 2.20. The number of benzene rings is 1. The molecule has 1 saturated carbocycles. The molecule has 0 atom stereocenters. The molecule has 1 aliphatic carbocycles. The first-order valence-electron chi connectivity index (χ1n) is 7.08. The predicted octanol–water partition coefficient (Wildman–Crippen LogP) is 3.10. The van der Waals surface area contributed by atoms with E-state index in [0.717, 1.165) is 29.1 Å². The topological polar surface area (TPSA) is 29.9 Å². The lowest BCUT2D eigenvalue weighted by atomic mass is 10.0. The van der Waals surface area contributed by atoms with E-state index in [1.807, 2.05) is 33.0 Å². The van der Waals surface area contributed by atoms with Crippen LogP contribution in [0.5, 0.6) is 0 Å². The van der Waals surface area contributed by atoms with Crippen LogP contribution < -0.4 is 5.32 Å². The monoisotopic (exact) mass is 273 g/mol. The molecule has 0 aliphatic heterocycles. The van der Waals surface area contributed by atoms with Crippen molar-refractivity contribution >= 4 is 0 Å². The van der Waals surface area contributed by atoms with Crippen molar-refractivity contribution in [3.63, 3.8) is 0 Å². The minimum atomic E-state index is -0.167. The summed E-state index contributed by atoms with van der Waals surface area (Å²) in [7, 11) is 1.89. The number of halogens is 1. The lowest BCUT2D eigenvalue weighted by molar-refractivity contribution is 0.622. The second kappa shape index (κ2) is 5.02. The van der Waals surface area contributed by atoms with Gasteiger partial charge in [-0.05, 0) is 38.3 Å². The number of aromatic nitrogens is 2. The van der Waals surface area contributed by atoms with Crippen molar-refractivity contribution < 1.29 is 4.39 Å². The molecule has 106 valence electrons. The number of nitrogens with zero attached hydrogens (tertiary/aromatic N) is 2. The standard InChI is InChI=1S/C16H20FN3/c1-10-16(11(2)20(3)19-10)14-7-4-12(8-15(14)17)9-18-13-5-6-13/h4,7-8,13,18H,5-6,9H2,1-3H3. The van der Waals surface area contributed by atoms with Crippen molar-refractivity contribution in [1.29, 1.82) is 0 Å². The van der Waals surface area contributed by atoms with Gasteiger partial charge in [0.05, 0.1) is 5.69 Å². The smallest absolute Gasteiger partial charge is 0.131 e. The minimum absolute atomic E-state index is 0.167. The Balaban J connectivity index is 1.89. The van der Waals surface area contributed by atoms with Crippen LogP contribution in [0.25, 0.3) is 11.1 Å². The van der Waals surface area contributed by atoms with Gasteiger partial charge in [-0.15, -0.1) is 0 Å². The fourth-order valence-electron chi connectivity index (χ4n) is 2.58. The molecule has 0 saturated heterocycles. The van der Waals surface area contributed by atoms with E-state index in [4.69, 9.17) is 0 Å². The van der Waals surface area contributed by atoms with Crippen LogP contribution in [0.4, 0.5) is 4.39 Å². The third kappa shape index (κ3) is 2.48. The second-order valence-electron chi connectivity index (χ2n) is 5.64. The minimum Gasteiger partial charge on any atom is -0.310 e. The average Bonchev–Trinajstić information content (AvgIpc) is 3.18. The summed E-state index contributed by atoms with van der Waals surface area (Å²) < 4.78 is 16.2. The first kappa shape index (κ1) is 13.3. The molecule has 3 nitrogen and oxygen atoms in total. The molecule has 4 heteroatoms. The van der Waals surface area contributed by atoms with Crippen molar-refractivity contribution in [2.75, 3.05) is 0 Å².